The number of fused-ring (bicyclic) bond motifs is 12. The summed E-state index contributed by atoms with van der Waals surface area (Å²) in [6, 6.07) is 25.2. The number of ether oxygens (including phenoxy) is 1. The number of amides is 6. The number of alkyl halides is 6. The smallest absolute Gasteiger partial charge is 0.377 e. The van der Waals surface area contributed by atoms with Crippen LogP contribution in [0.15, 0.2) is 141 Å². The van der Waals surface area contributed by atoms with Crippen LogP contribution < -0.4 is 63.8 Å². The first-order valence-electron chi connectivity index (χ1n) is 51.9. The highest BCUT2D eigenvalue weighted by Crippen LogP contribution is 2.55. The van der Waals surface area contributed by atoms with Crippen molar-refractivity contribution in [1.82, 2.24) is 120 Å². The number of aryl methyl sites for hydroxylation is 3. The van der Waals surface area contributed by atoms with Crippen LogP contribution in [0.4, 0.5) is 30.7 Å². The molecule has 13 fully saturated rings. The maximum Gasteiger partial charge on any atom is 0.435 e. The summed E-state index contributed by atoms with van der Waals surface area (Å²) in [6.45, 7) is 41.7. The van der Waals surface area contributed by atoms with Crippen molar-refractivity contribution in [3.63, 3.8) is 0 Å². The summed E-state index contributed by atoms with van der Waals surface area (Å²) in [5, 5.41) is 38.6. The molecule has 14 aliphatic rings. The molecule has 7 saturated carbocycles. The maximum atomic E-state index is 14.1. The number of rotatable bonds is 20. The van der Waals surface area contributed by atoms with Crippen LogP contribution in [0.2, 0.25) is 0 Å². The molecule has 6 amide bonds. The molecule has 0 aromatic carbocycles. The Morgan fingerprint density at radius 1 is 0.354 bits per heavy atom. The van der Waals surface area contributed by atoms with Crippen molar-refractivity contribution in [3.8, 4) is 0 Å². The van der Waals surface area contributed by atoms with Crippen molar-refractivity contribution in [2.24, 2.45) is 107 Å². The second kappa shape index (κ2) is 37.6. The van der Waals surface area contributed by atoms with Crippen LogP contribution >= 0.6 is 0 Å². The number of halogens is 7. The van der Waals surface area contributed by atoms with Gasteiger partial charge in [0, 0.05) is 78.6 Å². The normalized spacial score (nSPS) is 26.8. The van der Waals surface area contributed by atoms with Crippen LogP contribution in [-0.2, 0) is 79.1 Å². The van der Waals surface area contributed by atoms with Gasteiger partial charge in [-0.25, -0.2) is 34.3 Å². The van der Waals surface area contributed by atoms with Crippen molar-refractivity contribution in [3.05, 3.63) is 221 Å². The first kappa shape index (κ1) is 101. The molecule has 0 bridgehead atoms. The Bertz CT molecular complexity index is 7130. The fourth-order valence-corrected chi connectivity index (χ4v) is 25.1. The monoisotopic (exact) mass is 2020 g/mol. The number of imidazole rings is 6. The minimum Gasteiger partial charge on any atom is -0.377 e. The molecule has 0 spiro atoms. The lowest BCUT2D eigenvalue weighted by Crippen LogP contribution is -2.44. The van der Waals surface area contributed by atoms with Gasteiger partial charge in [0.05, 0.1) is 109 Å². The highest BCUT2D eigenvalue weighted by atomic mass is 19.4. The van der Waals surface area contributed by atoms with Gasteiger partial charge >= 0.3 is 12.4 Å². The SMILES string of the molecule is CC(C)(NC(=O)C1[C@H]2CNC[C@@H]12)c1nc(C(F)(F)F)c2c(F)cccn12.CC(C)(NC(=O)C1[C@H]2CNC[C@@H]12)c1nc(C2=CCOCC2)c2ccccn12.CC(C)(NC(=O)C1[C@H]2CNC[C@@H]12)c1ncc2c(C(F)(F)F)cccn12.Cc1cccn2c(C(C)(C)NC(=O)C3[C@H]4CNC[C@@H]34)nc(C3CC3)c12.Cc1cccn2c(C(C)(C)NC(=O)C3[C@H]4CNC[C@@H]34)ncc12.Cc1nc(C(C)(C)NC(=O)C2[C@H]3CNC[C@@H]23)n2ccccc12. The molecule has 12 N–H and O–H groups in total. The van der Waals surface area contributed by atoms with Crippen LogP contribution in [0, 0.1) is 133 Å². The number of carbonyl (C=O) groups is 6. The van der Waals surface area contributed by atoms with Crippen molar-refractivity contribution >= 4 is 74.1 Å². The van der Waals surface area contributed by atoms with E-state index < -0.39 is 68.2 Å². The maximum absolute atomic E-state index is 14.1. The third-order valence-corrected chi connectivity index (χ3v) is 33.3. The second-order valence-corrected chi connectivity index (χ2v) is 46.2. The zero-order chi connectivity index (χ0) is 104. The Labute approximate surface area is 847 Å². The number of carbonyl (C=O) groups excluding carboxylic acids is 6. The van der Waals surface area contributed by atoms with E-state index in [0.717, 1.165) is 159 Å². The molecule has 6 unspecified atom stereocenters. The van der Waals surface area contributed by atoms with Gasteiger partial charge in [0.15, 0.2) is 5.69 Å². The van der Waals surface area contributed by atoms with Gasteiger partial charge in [0.1, 0.15) is 46.3 Å². The third-order valence-electron chi connectivity index (χ3n) is 33.3. The van der Waals surface area contributed by atoms with Gasteiger partial charge in [0.2, 0.25) is 35.4 Å². The zero-order valence-corrected chi connectivity index (χ0v) is 85.6. The minimum atomic E-state index is -4.80. The summed E-state index contributed by atoms with van der Waals surface area (Å²) < 4.78 is 110. The minimum absolute atomic E-state index is 0.00233. The van der Waals surface area contributed by atoms with Crippen LogP contribution in [0.3, 0.4) is 0 Å². The van der Waals surface area contributed by atoms with E-state index in [1.165, 1.54) is 75.9 Å². The largest absolute Gasteiger partial charge is 0.435 e. The van der Waals surface area contributed by atoms with Crippen LogP contribution in [0.5, 0.6) is 0 Å². The van der Waals surface area contributed by atoms with E-state index >= 15 is 0 Å². The lowest BCUT2D eigenvalue weighted by Gasteiger charge is -2.26. The third kappa shape index (κ3) is 19.1. The second-order valence-electron chi connectivity index (χ2n) is 46.2. The van der Waals surface area contributed by atoms with Gasteiger partial charge in [-0.2, -0.15) is 26.3 Å². The molecule has 19 heterocycles. The Kier molecular flexibility index (Phi) is 25.8. The summed E-state index contributed by atoms with van der Waals surface area (Å²) in [5.74, 6) is 10.1. The van der Waals surface area contributed by atoms with Crippen LogP contribution in [-0.4, -0.2) is 184 Å². The number of aromatic nitrogens is 12. The fourth-order valence-electron chi connectivity index (χ4n) is 25.1. The van der Waals surface area contributed by atoms with Crippen molar-refractivity contribution in [2.45, 2.75) is 175 Å². The highest BCUT2D eigenvalue weighted by Gasteiger charge is 2.63. The Hall–Kier alpha value is -12.1. The van der Waals surface area contributed by atoms with Gasteiger partial charge in [-0.1, -0.05) is 30.3 Å². The average Bonchev–Trinajstić information content (AvgIpc) is 1.56. The number of nitrogens with zero attached hydrogens (tertiary/aromatic N) is 12. The first-order chi connectivity index (χ1) is 69.8. The summed E-state index contributed by atoms with van der Waals surface area (Å²) in [6.07, 6.45) is 10.3. The average molecular weight is 2020 g/mol. The van der Waals surface area contributed by atoms with E-state index in [0.29, 0.717) is 77.5 Å². The number of piperidine rings is 6. The van der Waals surface area contributed by atoms with E-state index in [9.17, 15) is 59.5 Å². The molecule has 0 radical (unpaired) electrons. The summed E-state index contributed by atoms with van der Waals surface area (Å²) >= 11 is 0. The van der Waals surface area contributed by atoms with Gasteiger partial charge in [-0.05, 0) is 350 Å². The number of pyridine rings is 6. The fraction of sp³-hybridized carbons (Fsp3) is 0.541. The molecule has 31 nitrogen and oxygen atoms in total. The Morgan fingerprint density at radius 2 is 0.687 bits per heavy atom. The molecular weight excluding hydrogens is 1890 g/mol. The van der Waals surface area contributed by atoms with E-state index in [2.05, 4.69) is 167 Å². The summed E-state index contributed by atoms with van der Waals surface area (Å²) in [4.78, 5) is 103. The number of nitrogens with one attached hydrogen (secondary N) is 12. The first-order valence-corrected chi connectivity index (χ1v) is 51.9. The Morgan fingerprint density at radius 3 is 1.09 bits per heavy atom. The lowest BCUT2D eigenvalue weighted by molar-refractivity contribution is -0.140. The topological polar surface area (TPSA) is 360 Å². The van der Waals surface area contributed by atoms with Crippen molar-refractivity contribution in [2.75, 3.05) is 91.8 Å². The van der Waals surface area contributed by atoms with E-state index in [4.69, 9.17) is 19.7 Å². The van der Waals surface area contributed by atoms with Crippen molar-refractivity contribution < 1.29 is 64.2 Å². The zero-order valence-electron chi connectivity index (χ0n) is 85.6. The van der Waals surface area contributed by atoms with Gasteiger partial charge < -0.3 is 90.5 Å². The van der Waals surface area contributed by atoms with Crippen LogP contribution in [0.1, 0.15) is 183 Å². The molecule has 7 aliphatic carbocycles. The van der Waals surface area contributed by atoms with Gasteiger partial charge in [0.25, 0.3) is 0 Å². The van der Waals surface area contributed by atoms with E-state index in [1.54, 1.807) is 27.7 Å². The highest BCUT2D eigenvalue weighted by molar-refractivity contribution is 5.87. The molecule has 18 atom stereocenters. The molecule has 26 rings (SSSR count). The molecule has 12 aromatic rings. The predicted octanol–water partition coefficient (Wildman–Crippen LogP) is 11.7. The molecule has 38 heteroatoms. The lowest BCUT2D eigenvalue weighted by atomic mass is 10.0. The van der Waals surface area contributed by atoms with E-state index in [-0.39, 0.29) is 94.1 Å². The standard InChI is InChI=1S/C21H26N4O2.C20H26N4O.C17H18F4N4O.C17H19F3N4O.2C17H22N4O/c1-21(2,24-19(26)17-14-11-22-12-15(14)17)20-23-18(13-6-9-27-10-7-13)16-5-3-4-8-25(16)20;1-11-5-4-8-24-17(11)16(12-6-7-12)22-19(24)20(2,3)23-18(25)15-13-9-21-10-14(13)15;1-16(2,24-14(26)11-8-6-22-7-9(8)11)15-23-13(17(19,20)21)12-10(18)4-3-5-25(12)15;1-16(2,23-14(25)13-9-6-21-7-10(9)13)15-22-8-12-11(17(18,19)20)4-3-5-24(12)15;1-10-5-4-6-21-13(10)9-19-16(21)17(2,3)20-15(22)14-11-7-18-8-12(11)14;1-10-13-6-4-5-7-21(13)16(19-10)17(2,3)20-15(22)14-11-8-18-9-12(11)14/h3-6,8,14-15,17,22H,7,9-12H2,1-2H3,(H,24,26);4-5,8,12-15,21H,6-7,9-10H2,1-3H3,(H,23,25);3-5,8-9,11,22H,6-7H2,1-2H3,(H,24,26);3-5,8-10,13,21H,6-7H2,1-2H3,(H,23,25);4-6,9,11-12,14,18H,7-8H2,1-3H3,(H,20,22);4-7,11-12,14,18H,8-9H2,1-3H3,(H,20,22)/t14-,15+,17?;13-,14+,15?;8-,9+,11?;9-,10+,13?;2*11-,12+,14?. The quantitative estimate of drug-likeness (QED) is 0.0315. The molecule has 7 aliphatic heterocycles. The molecule has 12 aromatic heterocycles. The Balaban J connectivity index is 0.000000104. The molecule has 147 heavy (non-hydrogen) atoms. The van der Waals surface area contributed by atoms with Crippen LogP contribution in [0.25, 0.3) is 38.7 Å². The molecule has 780 valence electrons. The van der Waals surface area contributed by atoms with Gasteiger partial charge in [-0.15, -0.1) is 0 Å². The number of hydrogen-bond acceptors (Lipinski definition) is 19. The number of hydrogen-bond donors (Lipinski definition) is 12. The summed E-state index contributed by atoms with van der Waals surface area (Å²) in [5.41, 5.74) is 4.62. The molecular formula is C109H133F7N24O7. The van der Waals surface area contributed by atoms with Gasteiger partial charge in [-0.3, -0.25) is 33.2 Å². The predicted molar refractivity (Wildman–Crippen MR) is 538 cm³/mol. The van der Waals surface area contributed by atoms with E-state index in [1.807, 2.05) is 104 Å². The summed E-state index contributed by atoms with van der Waals surface area (Å²) in [7, 11) is 0. The van der Waals surface area contributed by atoms with Crippen molar-refractivity contribution in [1.29, 1.82) is 0 Å². The molecule has 6 saturated heterocycles.